The van der Waals surface area contributed by atoms with Crippen LogP contribution in [0.5, 0.6) is 0 Å². The third-order valence-electron chi connectivity index (χ3n) is 5.04. The predicted molar refractivity (Wildman–Crippen MR) is 128 cm³/mol. The molecule has 0 N–H and O–H groups in total. The maximum absolute atomic E-state index is 13.2. The lowest BCUT2D eigenvalue weighted by atomic mass is 10.2. The van der Waals surface area contributed by atoms with Crippen LogP contribution in [0.2, 0.25) is 0 Å². The highest BCUT2D eigenvalue weighted by molar-refractivity contribution is 7.91. The minimum Gasteiger partial charge on any atom is -0.282 e. The summed E-state index contributed by atoms with van der Waals surface area (Å²) >= 11 is 1.44. The van der Waals surface area contributed by atoms with Gasteiger partial charge in [-0.2, -0.15) is 0 Å². The summed E-state index contributed by atoms with van der Waals surface area (Å²) in [5.74, 6) is -0.257. The average molecular weight is 466 g/mol. The van der Waals surface area contributed by atoms with Crippen LogP contribution < -0.4 is 4.90 Å². The number of benzene rings is 2. The van der Waals surface area contributed by atoms with Gasteiger partial charge in [0.15, 0.2) is 15.0 Å². The summed E-state index contributed by atoms with van der Waals surface area (Å²) in [6, 6.07) is 20.1. The fraction of sp³-hybridized carbons (Fsp3) is 0.208. The molecule has 0 aliphatic carbocycles. The second-order valence-corrected chi connectivity index (χ2v) is 10.6. The molecule has 0 radical (unpaired) electrons. The number of nitrogens with zero attached hydrogens (tertiary/aromatic N) is 3. The van der Waals surface area contributed by atoms with E-state index in [0.717, 1.165) is 21.5 Å². The molecule has 0 saturated carbocycles. The second kappa shape index (κ2) is 9.58. The topological polar surface area (TPSA) is 80.2 Å². The molecule has 0 atom stereocenters. The van der Waals surface area contributed by atoms with E-state index in [1.54, 1.807) is 35.4 Å². The van der Waals surface area contributed by atoms with Crippen molar-refractivity contribution in [3.63, 3.8) is 0 Å². The minimum atomic E-state index is -3.44. The Labute approximate surface area is 191 Å². The highest BCUT2D eigenvalue weighted by atomic mass is 32.2. The zero-order valence-corrected chi connectivity index (χ0v) is 19.3. The number of amides is 1. The first-order valence-corrected chi connectivity index (χ1v) is 12.7. The van der Waals surface area contributed by atoms with Crippen LogP contribution in [0.4, 0.5) is 5.13 Å². The fourth-order valence-electron chi connectivity index (χ4n) is 3.30. The molecule has 32 heavy (non-hydrogen) atoms. The van der Waals surface area contributed by atoms with Gasteiger partial charge in [0.05, 0.1) is 33.1 Å². The quantitative estimate of drug-likeness (QED) is 0.374. The highest BCUT2D eigenvalue weighted by Crippen LogP contribution is 2.30. The first-order chi connectivity index (χ1) is 15.4. The van der Waals surface area contributed by atoms with Crippen molar-refractivity contribution in [2.75, 3.05) is 10.7 Å². The summed E-state index contributed by atoms with van der Waals surface area (Å²) in [6.07, 6.45) is 2.02. The molecular weight excluding hydrogens is 442 g/mol. The number of hydrogen-bond acceptors (Lipinski definition) is 6. The van der Waals surface area contributed by atoms with Crippen molar-refractivity contribution in [1.29, 1.82) is 0 Å². The lowest BCUT2D eigenvalue weighted by Crippen LogP contribution is -2.30. The summed E-state index contributed by atoms with van der Waals surface area (Å²) in [5, 5.41) is 0.586. The molecule has 0 bridgehead atoms. The highest BCUT2D eigenvalue weighted by Gasteiger charge is 2.22. The van der Waals surface area contributed by atoms with Crippen LogP contribution in [0.25, 0.3) is 10.2 Å². The smallest absolute Gasteiger partial charge is 0.229 e. The molecule has 6 nitrogen and oxygen atoms in total. The van der Waals surface area contributed by atoms with Gasteiger partial charge in [-0.15, -0.1) is 0 Å². The van der Waals surface area contributed by atoms with Crippen molar-refractivity contribution in [2.24, 2.45) is 0 Å². The van der Waals surface area contributed by atoms with E-state index in [1.807, 2.05) is 49.4 Å². The monoisotopic (exact) mass is 465 g/mol. The molecule has 0 spiro atoms. The van der Waals surface area contributed by atoms with Gasteiger partial charge in [-0.25, -0.2) is 13.4 Å². The number of thiazole rings is 1. The molecule has 4 aromatic rings. The van der Waals surface area contributed by atoms with Gasteiger partial charge in [0, 0.05) is 12.6 Å². The Hall–Kier alpha value is -3.10. The standard InChI is InChI=1S/C24H23N3O3S2/c1-18-11-13-20(14-12-18)32(29,30)16-6-10-23(28)27(17-19-7-4-5-15-25-19)24-26-21-8-2-3-9-22(21)31-24/h2-5,7-9,11-15H,6,10,16-17H2,1H3. The molecule has 0 saturated heterocycles. The van der Waals surface area contributed by atoms with E-state index in [2.05, 4.69) is 9.97 Å². The van der Waals surface area contributed by atoms with Crippen molar-refractivity contribution in [2.45, 2.75) is 31.2 Å². The maximum atomic E-state index is 13.2. The Balaban J connectivity index is 1.50. The van der Waals surface area contributed by atoms with Gasteiger partial charge < -0.3 is 0 Å². The maximum Gasteiger partial charge on any atom is 0.229 e. The van der Waals surface area contributed by atoms with Crippen LogP contribution >= 0.6 is 11.3 Å². The summed E-state index contributed by atoms with van der Waals surface area (Å²) in [6.45, 7) is 2.19. The number of sulfone groups is 1. The summed E-state index contributed by atoms with van der Waals surface area (Å²) < 4.78 is 26.2. The zero-order valence-electron chi connectivity index (χ0n) is 17.6. The molecule has 0 aliphatic heterocycles. The van der Waals surface area contributed by atoms with Crippen LogP contribution in [-0.4, -0.2) is 30.0 Å². The molecule has 2 aromatic carbocycles. The van der Waals surface area contributed by atoms with Gasteiger partial charge in [0.1, 0.15) is 0 Å². The predicted octanol–water partition coefficient (Wildman–Crippen LogP) is 4.79. The number of para-hydroxylation sites is 1. The molecule has 2 heterocycles. The number of pyridine rings is 1. The van der Waals surface area contributed by atoms with Crippen LogP contribution in [0.15, 0.2) is 77.8 Å². The Morgan fingerprint density at radius 3 is 2.47 bits per heavy atom. The number of aromatic nitrogens is 2. The van der Waals surface area contributed by atoms with Gasteiger partial charge in [-0.1, -0.05) is 47.2 Å². The number of aryl methyl sites for hydroxylation is 1. The number of carbonyl (C=O) groups is 1. The van der Waals surface area contributed by atoms with E-state index in [0.29, 0.717) is 5.13 Å². The number of anilines is 1. The normalized spacial score (nSPS) is 11.5. The van der Waals surface area contributed by atoms with Crippen LogP contribution in [0.1, 0.15) is 24.1 Å². The average Bonchev–Trinajstić information content (AvgIpc) is 3.22. The Morgan fingerprint density at radius 1 is 1.00 bits per heavy atom. The van der Waals surface area contributed by atoms with Crippen molar-refractivity contribution in [3.8, 4) is 0 Å². The molecule has 8 heteroatoms. The van der Waals surface area contributed by atoms with E-state index in [4.69, 9.17) is 0 Å². The lowest BCUT2D eigenvalue weighted by molar-refractivity contribution is -0.118. The van der Waals surface area contributed by atoms with Gasteiger partial charge in [0.2, 0.25) is 5.91 Å². The van der Waals surface area contributed by atoms with E-state index in [-0.39, 0.29) is 35.9 Å². The Morgan fingerprint density at radius 2 is 1.75 bits per heavy atom. The second-order valence-electron chi connectivity index (χ2n) is 7.50. The summed E-state index contributed by atoms with van der Waals surface area (Å²) in [4.78, 5) is 24.0. The molecule has 1 amide bonds. The minimum absolute atomic E-state index is 0.0843. The van der Waals surface area contributed by atoms with Crippen LogP contribution in [0, 0.1) is 6.92 Å². The summed E-state index contributed by atoms with van der Waals surface area (Å²) in [5.41, 5.74) is 2.57. The first kappa shape index (κ1) is 22.1. The molecule has 4 rings (SSSR count). The van der Waals surface area contributed by atoms with E-state index in [9.17, 15) is 13.2 Å². The molecule has 0 aliphatic rings. The number of rotatable bonds is 8. The van der Waals surface area contributed by atoms with E-state index < -0.39 is 9.84 Å². The SMILES string of the molecule is Cc1ccc(S(=O)(=O)CCCC(=O)N(Cc2ccccn2)c2nc3ccccc3s2)cc1. The molecular formula is C24H23N3O3S2. The van der Waals surface area contributed by atoms with Crippen LogP contribution in [-0.2, 0) is 21.2 Å². The number of fused-ring (bicyclic) bond motifs is 1. The number of hydrogen-bond donors (Lipinski definition) is 0. The van der Waals surface area contributed by atoms with Crippen molar-refractivity contribution in [1.82, 2.24) is 9.97 Å². The van der Waals surface area contributed by atoms with Crippen molar-refractivity contribution < 1.29 is 13.2 Å². The van der Waals surface area contributed by atoms with Gasteiger partial charge in [0.25, 0.3) is 0 Å². The number of carbonyl (C=O) groups excluding carboxylic acids is 1. The third-order valence-corrected chi connectivity index (χ3v) is 7.92. The largest absolute Gasteiger partial charge is 0.282 e. The Bertz CT molecular complexity index is 1280. The molecule has 0 fully saturated rings. The van der Waals surface area contributed by atoms with Crippen molar-refractivity contribution >= 4 is 42.4 Å². The lowest BCUT2D eigenvalue weighted by Gasteiger charge is -2.19. The van der Waals surface area contributed by atoms with Gasteiger partial charge in [-0.05, 0) is 49.7 Å². The van der Waals surface area contributed by atoms with Crippen molar-refractivity contribution in [3.05, 3.63) is 84.2 Å². The molecule has 164 valence electrons. The van der Waals surface area contributed by atoms with E-state index >= 15 is 0 Å². The Kier molecular flexibility index (Phi) is 6.62. The summed E-state index contributed by atoms with van der Waals surface area (Å²) in [7, 11) is -3.44. The first-order valence-electron chi connectivity index (χ1n) is 10.3. The van der Waals surface area contributed by atoms with Gasteiger partial charge >= 0.3 is 0 Å². The zero-order chi connectivity index (χ0) is 22.6. The fourth-order valence-corrected chi connectivity index (χ4v) is 5.60. The van der Waals surface area contributed by atoms with E-state index in [1.165, 1.54) is 11.3 Å². The third kappa shape index (κ3) is 5.20. The molecule has 0 unspecified atom stereocenters. The van der Waals surface area contributed by atoms with Gasteiger partial charge in [-0.3, -0.25) is 14.7 Å². The van der Waals surface area contributed by atoms with Crippen LogP contribution in [0.3, 0.4) is 0 Å². The molecule has 2 aromatic heterocycles.